The molecule has 0 aliphatic carbocycles. The van der Waals surface area contributed by atoms with Gasteiger partial charge < -0.3 is 19.7 Å². The van der Waals surface area contributed by atoms with Crippen molar-refractivity contribution < 1.29 is 19.1 Å². The zero-order valence-electron chi connectivity index (χ0n) is 14.7. The Bertz CT molecular complexity index is 900. The highest BCUT2D eigenvalue weighted by Crippen LogP contribution is 2.33. The molecule has 2 aromatic carbocycles. The highest BCUT2D eigenvalue weighted by Gasteiger charge is 2.24. The molecule has 2 heterocycles. The first-order chi connectivity index (χ1) is 13.1. The molecule has 0 unspecified atom stereocenters. The van der Waals surface area contributed by atoms with Crippen molar-refractivity contribution in [3.05, 3.63) is 52.5 Å². The quantitative estimate of drug-likeness (QED) is 0.857. The average molecular weight is 387 g/mol. The van der Waals surface area contributed by atoms with Crippen LogP contribution in [-0.4, -0.2) is 31.7 Å². The Labute approximate surface area is 162 Å². The zero-order chi connectivity index (χ0) is 18.8. The van der Waals surface area contributed by atoms with Gasteiger partial charge in [-0.05, 0) is 48.7 Å². The number of hydrogen-bond donors (Lipinski definition) is 1. The molecule has 2 aromatic rings. The van der Waals surface area contributed by atoms with Gasteiger partial charge in [0.2, 0.25) is 12.7 Å². The predicted molar refractivity (Wildman–Crippen MR) is 102 cm³/mol. The number of amides is 2. The molecule has 0 spiro atoms. The fourth-order valence-electron chi connectivity index (χ4n) is 3.28. The van der Waals surface area contributed by atoms with Gasteiger partial charge in [0.15, 0.2) is 11.5 Å². The Hall–Kier alpha value is -2.73. The lowest BCUT2D eigenvalue weighted by molar-refractivity contribution is -0.117. The SMILES string of the molecule is O=C(NCCc1ccc2c(c1)OCO2)c1ccc(Cl)c(N2CCCC2=O)c1. The molecular formula is C20H19ClN2O4. The number of rotatable bonds is 5. The van der Waals surface area contributed by atoms with Crippen LogP contribution in [0.2, 0.25) is 5.02 Å². The van der Waals surface area contributed by atoms with E-state index in [2.05, 4.69) is 5.32 Å². The lowest BCUT2D eigenvalue weighted by Gasteiger charge is -2.18. The molecule has 1 saturated heterocycles. The summed E-state index contributed by atoms with van der Waals surface area (Å²) in [6.45, 7) is 1.36. The Kier molecular flexibility index (Phi) is 4.90. The third-order valence-electron chi connectivity index (χ3n) is 4.71. The van der Waals surface area contributed by atoms with E-state index in [0.29, 0.717) is 42.2 Å². The number of fused-ring (bicyclic) bond motifs is 1. The standard InChI is InChI=1S/C20H19ClN2O4/c21-15-5-4-14(11-16(15)23-9-1-2-19(23)24)20(25)22-8-7-13-3-6-17-18(10-13)27-12-26-17/h3-6,10-11H,1-2,7-9,12H2,(H,22,25). The van der Waals surface area contributed by atoms with Gasteiger partial charge in [0.1, 0.15) is 0 Å². The smallest absolute Gasteiger partial charge is 0.251 e. The number of nitrogens with one attached hydrogen (secondary N) is 1. The first kappa shape index (κ1) is 17.7. The molecule has 4 rings (SSSR count). The van der Waals surface area contributed by atoms with Crippen molar-refractivity contribution in [3.8, 4) is 11.5 Å². The van der Waals surface area contributed by atoms with Gasteiger partial charge in [-0.15, -0.1) is 0 Å². The van der Waals surface area contributed by atoms with E-state index in [0.717, 1.165) is 23.5 Å². The van der Waals surface area contributed by atoms with Gasteiger partial charge in [-0.1, -0.05) is 17.7 Å². The van der Waals surface area contributed by atoms with E-state index in [1.807, 2.05) is 18.2 Å². The van der Waals surface area contributed by atoms with Crippen LogP contribution in [0.25, 0.3) is 0 Å². The molecule has 0 aromatic heterocycles. The minimum atomic E-state index is -0.194. The number of anilines is 1. The molecule has 6 nitrogen and oxygen atoms in total. The third kappa shape index (κ3) is 3.71. The minimum absolute atomic E-state index is 0.0391. The van der Waals surface area contributed by atoms with Crippen LogP contribution < -0.4 is 19.7 Å². The van der Waals surface area contributed by atoms with Crippen LogP contribution >= 0.6 is 11.6 Å². The monoisotopic (exact) mass is 386 g/mol. The van der Waals surface area contributed by atoms with Gasteiger partial charge >= 0.3 is 0 Å². The number of halogens is 1. The number of benzene rings is 2. The molecule has 1 fully saturated rings. The Morgan fingerprint density at radius 3 is 2.81 bits per heavy atom. The Balaban J connectivity index is 1.39. The van der Waals surface area contributed by atoms with E-state index in [4.69, 9.17) is 21.1 Å². The topological polar surface area (TPSA) is 67.9 Å². The van der Waals surface area contributed by atoms with E-state index in [1.54, 1.807) is 23.1 Å². The second kappa shape index (κ2) is 7.48. The first-order valence-electron chi connectivity index (χ1n) is 8.88. The second-order valence-corrected chi connectivity index (χ2v) is 6.92. The van der Waals surface area contributed by atoms with E-state index in [1.165, 1.54) is 0 Å². The summed E-state index contributed by atoms with van der Waals surface area (Å²) in [6, 6.07) is 10.8. The van der Waals surface area contributed by atoms with Crippen LogP contribution in [-0.2, 0) is 11.2 Å². The van der Waals surface area contributed by atoms with Crippen LogP contribution in [0.5, 0.6) is 11.5 Å². The fourth-order valence-corrected chi connectivity index (χ4v) is 3.50. The van der Waals surface area contributed by atoms with Crippen LogP contribution in [0.4, 0.5) is 5.69 Å². The number of nitrogens with zero attached hydrogens (tertiary/aromatic N) is 1. The second-order valence-electron chi connectivity index (χ2n) is 6.51. The molecule has 140 valence electrons. The molecule has 2 aliphatic rings. The van der Waals surface area contributed by atoms with Crippen molar-refractivity contribution >= 4 is 29.1 Å². The summed E-state index contributed by atoms with van der Waals surface area (Å²) < 4.78 is 10.7. The maximum atomic E-state index is 12.5. The lowest BCUT2D eigenvalue weighted by Crippen LogP contribution is -2.27. The van der Waals surface area contributed by atoms with E-state index in [-0.39, 0.29) is 18.6 Å². The number of ether oxygens (including phenoxy) is 2. The summed E-state index contributed by atoms with van der Waals surface area (Å²) in [7, 11) is 0. The molecule has 2 amide bonds. The largest absolute Gasteiger partial charge is 0.454 e. The molecular weight excluding hydrogens is 368 g/mol. The molecule has 27 heavy (non-hydrogen) atoms. The van der Waals surface area contributed by atoms with Crippen LogP contribution in [0, 0.1) is 0 Å². The predicted octanol–water partition coefficient (Wildman–Crippen LogP) is 3.17. The van der Waals surface area contributed by atoms with E-state index >= 15 is 0 Å². The average Bonchev–Trinajstić information content (AvgIpc) is 3.30. The fraction of sp³-hybridized carbons (Fsp3) is 0.300. The van der Waals surface area contributed by atoms with Gasteiger partial charge in [0, 0.05) is 25.1 Å². The van der Waals surface area contributed by atoms with Gasteiger partial charge in [-0.2, -0.15) is 0 Å². The third-order valence-corrected chi connectivity index (χ3v) is 5.03. The molecule has 0 saturated carbocycles. The molecule has 7 heteroatoms. The van der Waals surface area contributed by atoms with Crippen molar-refractivity contribution in [3.63, 3.8) is 0 Å². The van der Waals surface area contributed by atoms with Crippen molar-refractivity contribution in [2.24, 2.45) is 0 Å². The maximum Gasteiger partial charge on any atom is 0.251 e. The van der Waals surface area contributed by atoms with E-state index in [9.17, 15) is 9.59 Å². The van der Waals surface area contributed by atoms with Crippen LogP contribution in [0.15, 0.2) is 36.4 Å². The highest BCUT2D eigenvalue weighted by atomic mass is 35.5. The van der Waals surface area contributed by atoms with Gasteiger partial charge in [0.25, 0.3) is 5.91 Å². The summed E-state index contributed by atoms with van der Waals surface area (Å²) in [5.41, 5.74) is 2.14. The van der Waals surface area contributed by atoms with Crippen LogP contribution in [0.3, 0.4) is 0 Å². The van der Waals surface area contributed by atoms with Gasteiger partial charge in [-0.25, -0.2) is 0 Å². The van der Waals surface area contributed by atoms with Gasteiger partial charge in [0.05, 0.1) is 10.7 Å². The molecule has 2 aliphatic heterocycles. The number of carbonyl (C=O) groups excluding carboxylic acids is 2. The maximum absolute atomic E-state index is 12.5. The minimum Gasteiger partial charge on any atom is -0.454 e. The molecule has 0 atom stereocenters. The molecule has 1 N–H and O–H groups in total. The summed E-state index contributed by atoms with van der Waals surface area (Å²) in [5.74, 6) is 1.32. The molecule has 0 radical (unpaired) electrons. The molecule has 0 bridgehead atoms. The normalized spacial score (nSPS) is 15.3. The van der Waals surface area contributed by atoms with Crippen molar-refractivity contribution in [1.82, 2.24) is 5.32 Å². The van der Waals surface area contributed by atoms with Crippen molar-refractivity contribution in [2.45, 2.75) is 19.3 Å². The lowest BCUT2D eigenvalue weighted by atomic mass is 10.1. The van der Waals surface area contributed by atoms with Crippen molar-refractivity contribution in [1.29, 1.82) is 0 Å². The number of hydrogen-bond acceptors (Lipinski definition) is 4. The highest BCUT2D eigenvalue weighted by molar-refractivity contribution is 6.34. The van der Waals surface area contributed by atoms with E-state index < -0.39 is 0 Å². The zero-order valence-corrected chi connectivity index (χ0v) is 15.4. The Morgan fingerprint density at radius 2 is 2.00 bits per heavy atom. The van der Waals surface area contributed by atoms with Crippen molar-refractivity contribution in [2.75, 3.05) is 24.8 Å². The summed E-state index contributed by atoms with van der Waals surface area (Å²) >= 11 is 6.23. The van der Waals surface area contributed by atoms with Gasteiger partial charge in [-0.3, -0.25) is 9.59 Å². The number of carbonyl (C=O) groups is 2. The van der Waals surface area contributed by atoms with Crippen LogP contribution in [0.1, 0.15) is 28.8 Å². The first-order valence-corrected chi connectivity index (χ1v) is 9.26. The Morgan fingerprint density at radius 1 is 1.15 bits per heavy atom. The summed E-state index contributed by atoms with van der Waals surface area (Å²) in [6.07, 6.45) is 2.00. The summed E-state index contributed by atoms with van der Waals surface area (Å²) in [4.78, 5) is 26.1. The summed E-state index contributed by atoms with van der Waals surface area (Å²) in [5, 5.41) is 3.38.